The highest BCUT2D eigenvalue weighted by molar-refractivity contribution is 5.78. The Hall–Kier alpha value is -2.49. The zero-order valence-corrected chi connectivity index (χ0v) is 11.3. The van der Waals surface area contributed by atoms with Gasteiger partial charge in [0.25, 0.3) is 0 Å². The van der Waals surface area contributed by atoms with Crippen LogP contribution in [0.1, 0.15) is 11.1 Å². The van der Waals surface area contributed by atoms with Gasteiger partial charge in [-0.05, 0) is 35.4 Å². The Balaban J connectivity index is 1.94. The van der Waals surface area contributed by atoms with Crippen LogP contribution in [0.2, 0.25) is 0 Å². The lowest BCUT2D eigenvalue weighted by Crippen LogP contribution is -2.27. The molecule has 0 saturated heterocycles. The number of phenolic OH excluding ortho intramolecular Hbond substituents is 2. The van der Waals surface area contributed by atoms with Crippen LogP contribution in [0, 0.1) is 0 Å². The van der Waals surface area contributed by atoms with E-state index in [1.165, 1.54) is 0 Å². The Morgan fingerprint density at radius 2 is 1.35 bits per heavy atom. The van der Waals surface area contributed by atoms with E-state index < -0.39 is 0 Å². The van der Waals surface area contributed by atoms with E-state index in [1.807, 2.05) is 0 Å². The van der Waals surface area contributed by atoms with Crippen molar-refractivity contribution in [2.75, 3.05) is 7.05 Å². The Morgan fingerprint density at radius 3 is 1.85 bits per heavy atom. The van der Waals surface area contributed by atoms with E-state index >= 15 is 0 Å². The molecule has 0 radical (unpaired) electrons. The van der Waals surface area contributed by atoms with Crippen molar-refractivity contribution in [1.29, 1.82) is 0 Å². The first kappa shape index (κ1) is 13.9. The average molecular weight is 271 g/mol. The van der Waals surface area contributed by atoms with Crippen molar-refractivity contribution in [2.24, 2.45) is 0 Å². The summed E-state index contributed by atoms with van der Waals surface area (Å²) < 4.78 is 0. The summed E-state index contributed by atoms with van der Waals surface area (Å²) in [6, 6.07) is 13.4. The van der Waals surface area contributed by atoms with E-state index in [2.05, 4.69) is 0 Å². The van der Waals surface area contributed by atoms with E-state index in [0.29, 0.717) is 13.0 Å². The van der Waals surface area contributed by atoms with Crippen LogP contribution >= 0.6 is 0 Å². The largest absolute Gasteiger partial charge is 0.508 e. The Morgan fingerprint density at radius 1 is 0.900 bits per heavy atom. The highest BCUT2D eigenvalue weighted by Crippen LogP contribution is 2.13. The van der Waals surface area contributed by atoms with E-state index in [-0.39, 0.29) is 17.4 Å². The molecule has 0 fully saturated rings. The maximum atomic E-state index is 12.1. The van der Waals surface area contributed by atoms with Gasteiger partial charge >= 0.3 is 0 Å². The minimum atomic E-state index is 0.00349. The first-order valence-corrected chi connectivity index (χ1v) is 6.34. The summed E-state index contributed by atoms with van der Waals surface area (Å²) in [7, 11) is 1.75. The Labute approximate surface area is 117 Å². The van der Waals surface area contributed by atoms with Crippen LogP contribution in [0.25, 0.3) is 0 Å². The number of hydrogen-bond donors (Lipinski definition) is 2. The number of hydrogen-bond acceptors (Lipinski definition) is 3. The molecular formula is C16H17NO3. The molecule has 104 valence electrons. The van der Waals surface area contributed by atoms with Crippen molar-refractivity contribution < 1.29 is 15.0 Å². The van der Waals surface area contributed by atoms with Crippen LogP contribution in [-0.2, 0) is 17.8 Å². The van der Waals surface area contributed by atoms with Crippen molar-refractivity contribution in [2.45, 2.75) is 13.0 Å². The molecule has 0 heterocycles. The summed E-state index contributed by atoms with van der Waals surface area (Å²) in [4.78, 5) is 13.7. The van der Waals surface area contributed by atoms with Gasteiger partial charge in [-0.2, -0.15) is 0 Å². The number of carbonyl (C=O) groups is 1. The average Bonchev–Trinajstić information content (AvgIpc) is 2.44. The summed E-state index contributed by atoms with van der Waals surface area (Å²) in [6.45, 7) is 0.497. The third kappa shape index (κ3) is 3.75. The summed E-state index contributed by atoms with van der Waals surface area (Å²) >= 11 is 0. The molecule has 20 heavy (non-hydrogen) atoms. The van der Waals surface area contributed by atoms with Gasteiger partial charge in [0.2, 0.25) is 5.91 Å². The minimum absolute atomic E-state index is 0.00349. The zero-order valence-electron chi connectivity index (χ0n) is 11.3. The van der Waals surface area contributed by atoms with Gasteiger partial charge in [0.15, 0.2) is 0 Å². The first-order valence-electron chi connectivity index (χ1n) is 6.34. The summed E-state index contributed by atoms with van der Waals surface area (Å²) in [5.41, 5.74) is 1.83. The molecule has 0 bridgehead atoms. The van der Waals surface area contributed by atoms with Crippen molar-refractivity contribution in [3.8, 4) is 11.5 Å². The molecule has 2 aromatic carbocycles. The highest BCUT2D eigenvalue weighted by Gasteiger charge is 2.10. The van der Waals surface area contributed by atoms with Crippen LogP contribution in [0.4, 0.5) is 0 Å². The molecule has 4 nitrogen and oxygen atoms in total. The molecule has 0 aliphatic heterocycles. The highest BCUT2D eigenvalue weighted by atomic mass is 16.3. The van der Waals surface area contributed by atoms with E-state index in [4.69, 9.17) is 0 Å². The molecule has 2 N–H and O–H groups in total. The van der Waals surface area contributed by atoms with Crippen molar-refractivity contribution >= 4 is 5.91 Å². The zero-order chi connectivity index (χ0) is 14.5. The molecule has 2 aromatic rings. The Bertz CT molecular complexity index is 576. The number of rotatable bonds is 4. The fraction of sp³-hybridized carbons (Fsp3) is 0.188. The number of amides is 1. The lowest BCUT2D eigenvalue weighted by Gasteiger charge is -2.17. The quantitative estimate of drug-likeness (QED) is 0.897. The molecule has 2 rings (SSSR count). The third-order valence-electron chi connectivity index (χ3n) is 3.07. The van der Waals surface area contributed by atoms with Gasteiger partial charge in [0, 0.05) is 13.6 Å². The van der Waals surface area contributed by atoms with Crippen LogP contribution in [-0.4, -0.2) is 28.1 Å². The second kappa shape index (κ2) is 6.10. The number of phenols is 2. The standard InChI is InChI=1S/C16H17NO3/c1-17(11-13-4-8-15(19)9-5-13)16(20)10-12-2-6-14(18)7-3-12/h2-9,18-19H,10-11H2,1H3. The summed E-state index contributed by atoms with van der Waals surface area (Å²) in [5.74, 6) is 0.411. The predicted octanol–water partition coefficient (Wildman–Crippen LogP) is 2.30. The minimum Gasteiger partial charge on any atom is -0.508 e. The molecule has 0 saturated carbocycles. The summed E-state index contributed by atoms with van der Waals surface area (Å²) in [6.07, 6.45) is 0.300. The molecule has 4 heteroatoms. The molecular weight excluding hydrogens is 254 g/mol. The van der Waals surface area contributed by atoms with Crippen LogP contribution in [0.3, 0.4) is 0 Å². The van der Waals surface area contributed by atoms with Gasteiger partial charge in [-0.25, -0.2) is 0 Å². The van der Waals surface area contributed by atoms with Gasteiger partial charge in [-0.15, -0.1) is 0 Å². The molecule has 0 spiro atoms. The van der Waals surface area contributed by atoms with Crippen molar-refractivity contribution in [3.63, 3.8) is 0 Å². The third-order valence-corrected chi connectivity index (χ3v) is 3.07. The smallest absolute Gasteiger partial charge is 0.227 e. The molecule has 1 amide bonds. The monoisotopic (exact) mass is 271 g/mol. The van der Waals surface area contributed by atoms with Gasteiger partial charge in [0.05, 0.1) is 6.42 Å². The number of benzene rings is 2. The summed E-state index contributed by atoms with van der Waals surface area (Å²) in [5, 5.41) is 18.4. The predicted molar refractivity (Wildman–Crippen MR) is 76.4 cm³/mol. The first-order chi connectivity index (χ1) is 9.54. The van der Waals surface area contributed by atoms with Crippen LogP contribution < -0.4 is 0 Å². The normalized spacial score (nSPS) is 10.2. The number of likely N-dealkylation sites (N-methyl/N-ethyl adjacent to an activating group) is 1. The lowest BCUT2D eigenvalue weighted by atomic mass is 10.1. The van der Waals surface area contributed by atoms with Crippen molar-refractivity contribution in [3.05, 3.63) is 59.7 Å². The molecule has 0 unspecified atom stereocenters. The number of aromatic hydroxyl groups is 2. The SMILES string of the molecule is CN(Cc1ccc(O)cc1)C(=O)Cc1ccc(O)cc1. The van der Waals surface area contributed by atoms with E-state index in [9.17, 15) is 15.0 Å². The maximum Gasteiger partial charge on any atom is 0.227 e. The Kier molecular flexibility index (Phi) is 4.25. The second-order valence-corrected chi connectivity index (χ2v) is 4.76. The molecule has 0 aliphatic rings. The van der Waals surface area contributed by atoms with Gasteiger partial charge < -0.3 is 15.1 Å². The lowest BCUT2D eigenvalue weighted by molar-refractivity contribution is -0.129. The molecule has 0 aromatic heterocycles. The number of nitrogens with zero attached hydrogens (tertiary/aromatic N) is 1. The van der Waals surface area contributed by atoms with Gasteiger partial charge in [0.1, 0.15) is 11.5 Å². The van der Waals surface area contributed by atoms with Gasteiger partial charge in [-0.3, -0.25) is 4.79 Å². The molecule has 0 aliphatic carbocycles. The second-order valence-electron chi connectivity index (χ2n) is 4.76. The van der Waals surface area contributed by atoms with E-state index in [1.54, 1.807) is 60.5 Å². The van der Waals surface area contributed by atoms with Crippen LogP contribution in [0.5, 0.6) is 11.5 Å². The van der Waals surface area contributed by atoms with Crippen molar-refractivity contribution in [1.82, 2.24) is 4.90 Å². The number of carbonyl (C=O) groups excluding carboxylic acids is 1. The maximum absolute atomic E-state index is 12.1. The van der Waals surface area contributed by atoms with Gasteiger partial charge in [-0.1, -0.05) is 24.3 Å². The molecule has 0 atom stereocenters. The van der Waals surface area contributed by atoms with Crippen LogP contribution in [0.15, 0.2) is 48.5 Å². The van der Waals surface area contributed by atoms with E-state index in [0.717, 1.165) is 11.1 Å². The topological polar surface area (TPSA) is 60.8 Å². The fourth-order valence-electron chi connectivity index (χ4n) is 1.89. The fourth-order valence-corrected chi connectivity index (χ4v) is 1.89.